The number of nitrogens with zero attached hydrogens (tertiary/aromatic N) is 1. The summed E-state index contributed by atoms with van der Waals surface area (Å²) in [6, 6.07) is 2.05. The van der Waals surface area contributed by atoms with Crippen LogP contribution in [-0.4, -0.2) is 10.1 Å². The SMILES string of the molecule is Cc1cncc(C(O)C2CCC(C)(C)CC2)c1. The van der Waals surface area contributed by atoms with Gasteiger partial charge in [-0.3, -0.25) is 4.98 Å². The zero-order valence-electron chi connectivity index (χ0n) is 11.1. The topological polar surface area (TPSA) is 33.1 Å². The van der Waals surface area contributed by atoms with E-state index in [0.29, 0.717) is 11.3 Å². The van der Waals surface area contributed by atoms with E-state index in [0.717, 1.165) is 24.0 Å². The van der Waals surface area contributed by atoms with Gasteiger partial charge in [0.2, 0.25) is 0 Å². The fourth-order valence-corrected chi connectivity index (χ4v) is 2.75. The molecule has 0 radical (unpaired) electrons. The Kier molecular flexibility index (Phi) is 3.53. The van der Waals surface area contributed by atoms with Crippen molar-refractivity contribution in [2.24, 2.45) is 11.3 Å². The minimum atomic E-state index is -0.335. The van der Waals surface area contributed by atoms with E-state index in [1.807, 2.05) is 13.1 Å². The largest absolute Gasteiger partial charge is 0.388 e. The number of aliphatic hydroxyl groups excluding tert-OH is 1. The number of pyridine rings is 1. The molecule has 1 fully saturated rings. The van der Waals surface area contributed by atoms with E-state index < -0.39 is 0 Å². The van der Waals surface area contributed by atoms with Crippen LogP contribution in [0, 0.1) is 18.3 Å². The zero-order valence-corrected chi connectivity index (χ0v) is 11.1. The normalized spacial score (nSPS) is 22.4. The van der Waals surface area contributed by atoms with Gasteiger partial charge in [0.15, 0.2) is 0 Å². The van der Waals surface area contributed by atoms with Crippen molar-refractivity contribution in [3.05, 3.63) is 29.6 Å². The summed E-state index contributed by atoms with van der Waals surface area (Å²) in [6.07, 6.45) is 7.99. The molecule has 1 atom stereocenters. The van der Waals surface area contributed by atoms with Gasteiger partial charge in [0.05, 0.1) is 6.10 Å². The van der Waals surface area contributed by atoms with E-state index >= 15 is 0 Å². The van der Waals surface area contributed by atoms with Crippen LogP contribution in [0.3, 0.4) is 0 Å². The highest BCUT2D eigenvalue weighted by atomic mass is 16.3. The summed E-state index contributed by atoms with van der Waals surface area (Å²) >= 11 is 0. The predicted molar refractivity (Wildman–Crippen MR) is 69.7 cm³/mol. The van der Waals surface area contributed by atoms with Crippen molar-refractivity contribution in [3.63, 3.8) is 0 Å². The molecular formula is C15H23NO. The van der Waals surface area contributed by atoms with Crippen LogP contribution in [0.2, 0.25) is 0 Å². The van der Waals surface area contributed by atoms with Crippen LogP contribution < -0.4 is 0 Å². The maximum atomic E-state index is 10.4. The van der Waals surface area contributed by atoms with Crippen molar-refractivity contribution < 1.29 is 5.11 Å². The number of rotatable bonds is 2. The van der Waals surface area contributed by atoms with Crippen LogP contribution in [-0.2, 0) is 0 Å². The number of aromatic nitrogens is 1. The molecule has 2 rings (SSSR count). The summed E-state index contributed by atoms with van der Waals surface area (Å²) in [4.78, 5) is 4.17. The van der Waals surface area contributed by atoms with Gasteiger partial charge in [0.25, 0.3) is 0 Å². The van der Waals surface area contributed by atoms with Crippen molar-refractivity contribution in [2.75, 3.05) is 0 Å². The Bertz CT molecular complexity index is 376. The Morgan fingerprint density at radius 1 is 1.29 bits per heavy atom. The number of aliphatic hydroxyl groups is 1. The molecule has 1 heterocycles. The Hall–Kier alpha value is -0.890. The summed E-state index contributed by atoms with van der Waals surface area (Å²) in [6.45, 7) is 6.67. The first-order valence-electron chi connectivity index (χ1n) is 6.57. The third kappa shape index (κ3) is 3.06. The number of hydrogen-bond acceptors (Lipinski definition) is 2. The highest BCUT2D eigenvalue weighted by molar-refractivity contribution is 5.19. The van der Waals surface area contributed by atoms with Gasteiger partial charge in [0.1, 0.15) is 0 Å². The average molecular weight is 233 g/mol. The van der Waals surface area contributed by atoms with E-state index in [2.05, 4.69) is 24.9 Å². The van der Waals surface area contributed by atoms with E-state index in [-0.39, 0.29) is 6.10 Å². The van der Waals surface area contributed by atoms with Crippen LogP contribution >= 0.6 is 0 Å². The molecule has 0 saturated heterocycles. The number of hydrogen-bond donors (Lipinski definition) is 1. The van der Waals surface area contributed by atoms with Crippen molar-refractivity contribution >= 4 is 0 Å². The molecule has 1 unspecified atom stereocenters. The third-order valence-electron chi connectivity index (χ3n) is 4.07. The van der Waals surface area contributed by atoms with Gasteiger partial charge in [-0.1, -0.05) is 19.9 Å². The molecule has 0 amide bonds. The molecule has 0 bridgehead atoms. The van der Waals surface area contributed by atoms with Gasteiger partial charge in [-0.05, 0) is 55.1 Å². The summed E-state index contributed by atoms with van der Waals surface area (Å²) in [7, 11) is 0. The molecule has 0 aliphatic heterocycles. The van der Waals surface area contributed by atoms with E-state index in [9.17, 15) is 5.11 Å². The second-order valence-electron chi connectivity index (χ2n) is 6.24. The summed E-state index contributed by atoms with van der Waals surface area (Å²) in [5.74, 6) is 0.409. The van der Waals surface area contributed by atoms with Crippen LogP contribution in [0.4, 0.5) is 0 Å². The average Bonchev–Trinajstić information content (AvgIpc) is 2.28. The quantitative estimate of drug-likeness (QED) is 0.846. The van der Waals surface area contributed by atoms with Gasteiger partial charge < -0.3 is 5.11 Å². The first-order chi connectivity index (χ1) is 7.98. The Balaban J connectivity index is 2.04. The fourth-order valence-electron chi connectivity index (χ4n) is 2.75. The molecule has 94 valence electrons. The van der Waals surface area contributed by atoms with Crippen LogP contribution in [0.5, 0.6) is 0 Å². The highest BCUT2D eigenvalue weighted by Crippen LogP contribution is 2.42. The smallest absolute Gasteiger partial charge is 0.0833 e. The molecule has 0 aromatic carbocycles. The molecule has 1 saturated carbocycles. The summed E-state index contributed by atoms with van der Waals surface area (Å²) < 4.78 is 0. The monoisotopic (exact) mass is 233 g/mol. The van der Waals surface area contributed by atoms with Crippen molar-refractivity contribution in [1.29, 1.82) is 0 Å². The molecule has 1 aromatic rings. The minimum absolute atomic E-state index is 0.335. The molecule has 1 aliphatic rings. The summed E-state index contributed by atoms with van der Waals surface area (Å²) in [5.41, 5.74) is 2.56. The Morgan fingerprint density at radius 2 is 1.94 bits per heavy atom. The summed E-state index contributed by atoms with van der Waals surface area (Å²) in [5, 5.41) is 10.4. The first kappa shape index (κ1) is 12.6. The van der Waals surface area contributed by atoms with Crippen LogP contribution in [0.15, 0.2) is 18.5 Å². The van der Waals surface area contributed by atoms with Crippen molar-refractivity contribution in [2.45, 2.75) is 52.6 Å². The molecular weight excluding hydrogens is 210 g/mol. The molecule has 2 heteroatoms. The molecule has 2 nitrogen and oxygen atoms in total. The van der Waals surface area contributed by atoms with Crippen LogP contribution in [0.25, 0.3) is 0 Å². The first-order valence-corrected chi connectivity index (χ1v) is 6.57. The lowest BCUT2D eigenvalue weighted by Crippen LogP contribution is -2.25. The van der Waals surface area contributed by atoms with E-state index in [4.69, 9.17) is 0 Å². The third-order valence-corrected chi connectivity index (χ3v) is 4.07. The molecule has 1 aromatic heterocycles. The second kappa shape index (κ2) is 4.77. The molecule has 1 aliphatic carbocycles. The highest BCUT2D eigenvalue weighted by Gasteiger charge is 2.31. The van der Waals surface area contributed by atoms with Gasteiger partial charge in [0, 0.05) is 12.4 Å². The second-order valence-corrected chi connectivity index (χ2v) is 6.24. The van der Waals surface area contributed by atoms with E-state index in [1.54, 1.807) is 6.20 Å². The molecule has 17 heavy (non-hydrogen) atoms. The Morgan fingerprint density at radius 3 is 2.53 bits per heavy atom. The Labute approximate surface area is 104 Å². The predicted octanol–water partition coefficient (Wildman–Crippen LogP) is 3.64. The minimum Gasteiger partial charge on any atom is -0.388 e. The van der Waals surface area contributed by atoms with Gasteiger partial charge in [-0.2, -0.15) is 0 Å². The van der Waals surface area contributed by atoms with Crippen LogP contribution in [0.1, 0.15) is 56.8 Å². The fraction of sp³-hybridized carbons (Fsp3) is 0.667. The van der Waals surface area contributed by atoms with Crippen molar-refractivity contribution in [1.82, 2.24) is 4.98 Å². The lowest BCUT2D eigenvalue weighted by molar-refractivity contribution is 0.0565. The van der Waals surface area contributed by atoms with Crippen molar-refractivity contribution in [3.8, 4) is 0 Å². The molecule has 0 spiro atoms. The molecule has 1 N–H and O–H groups in total. The standard InChI is InChI=1S/C15H23NO/c1-11-8-13(10-16-9-11)14(17)12-4-6-15(2,3)7-5-12/h8-10,12,14,17H,4-7H2,1-3H3. The lowest BCUT2D eigenvalue weighted by atomic mass is 9.71. The maximum Gasteiger partial charge on any atom is 0.0833 e. The number of aryl methyl sites for hydroxylation is 1. The maximum absolute atomic E-state index is 10.4. The zero-order chi connectivity index (χ0) is 12.5. The lowest BCUT2D eigenvalue weighted by Gasteiger charge is -2.36. The van der Waals surface area contributed by atoms with Gasteiger partial charge in [-0.25, -0.2) is 0 Å². The van der Waals surface area contributed by atoms with Gasteiger partial charge >= 0.3 is 0 Å². The van der Waals surface area contributed by atoms with E-state index in [1.165, 1.54) is 12.8 Å². The van der Waals surface area contributed by atoms with Gasteiger partial charge in [-0.15, -0.1) is 0 Å².